The maximum absolute atomic E-state index is 13.0. The smallest absolute Gasteiger partial charge is 0.257 e. The molecule has 0 saturated carbocycles. The molecular formula is C28H32N4O4. The summed E-state index contributed by atoms with van der Waals surface area (Å²) in [6.07, 6.45) is 0. The van der Waals surface area contributed by atoms with Gasteiger partial charge in [0.15, 0.2) is 0 Å². The number of morpholine rings is 1. The second kappa shape index (κ2) is 12.1. The summed E-state index contributed by atoms with van der Waals surface area (Å²) >= 11 is 0. The number of hydrogen-bond donors (Lipinski definition) is 3. The Balaban J connectivity index is 1.36. The molecule has 0 aliphatic carbocycles. The van der Waals surface area contributed by atoms with Crippen LogP contribution in [-0.2, 0) is 9.53 Å². The van der Waals surface area contributed by atoms with Crippen molar-refractivity contribution in [3.8, 4) is 5.75 Å². The van der Waals surface area contributed by atoms with E-state index in [0.717, 1.165) is 37.7 Å². The second-order valence-corrected chi connectivity index (χ2v) is 8.46. The first-order valence-corrected chi connectivity index (χ1v) is 12.2. The van der Waals surface area contributed by atoms with E-state index in [1.165, 1.54) is 0 Å². The third kappa shape index (κ3) is 6.55. The van der Waals surface area contributed by atoms with E-state index in [1.807, 2.05) is 49.4 Å². The number of hydrogen-bond acceptors (Lipinski definition) is 6. The van der Waals surface area contributed by atoms with Crippen LogP contribution in [-0.4, -0.2) is 50.8 Å². The van der Waals surface area contributed by atoms with Crippen LogP contribution < -0.4 is 25.6 Å². The molecule has 1 atom stereocenters. The zero-order valence-corrected chi connectivity index (χ0v) is 20.6. The third-order valence-corrected chi connectivity index (χ3v) is 5.87. The number of nitrogens with one attached hydrogen (secondary N) is 3. The molecule has 0 radical (unpaired) electrons. The van der Waals surface area contributed by atoms with Crippen molar-refractivity contribution in [3.63, 3.8) is 0 Å². The summed E-state index contributed by atoms with van der Waals surface area (Å²) in [6, 6.07) is 21.5. The standard InChI is InChI=1S/C28H32N4O4/c1-3-36-24-14-10-22(11-15-24)31-28(34)25-6-4-5-7-26(25)29-20(2)27(33)30-21-8-12-23(13-9-21)32-16-18-35-19-17-32/h4-15,20,29H,3,16-19H2,1-2H3,(H,30,33)(H,31,34). The molecule has 0 aromatic heterocycles. The van der Waals surface area contributed by atoms with Crippen LogP contribution in [0, 0.1) is 0 Å². The number of ether oxygens (including phenoxy) is 2. The summed E-state index contributed by atoms with van der Waals surface area (Å²) < 4.78 is 10.8. The third-order valence-electron chi connectivity index (χ3n) is 5.87. The molecule has 1 aliphatic heterocycles. The van der Waals surface area contributed by atoms with E-state index >= 15 is 0 Å². The molecule has 2 amide bonds. The molecule has 0 spiro atoms. The molecule has 3 N–H and O–H groups in total. The highest BCUT2D eigenvalue weighted by atomic mass is 16.5. The van der Waals surface area contributed by atoms with Crippen molar-refractivity contribution in [2.45, 2.75) is 19.9 Å². The van der Waals surface area contributed by atoms with Gasteiger partial charge in [-0.05, 0) is 74.5 Å². The number of nitrogens with zero attached hydrogens (tertiary/aromatic N) is 1. The highest BCUT2D eigenvalue weighted by molar-refractivity contribution is 6.08. The molecule has 1 heterocycles. The van der Waals surface area contributed by atoms with Crippen molar-refractivity contribution in [2.75, 3.05) is 53.8 Å². The van der Waals surface area contributed by atoms with Gasteiger partial charge in [-0.1, -0.05) is 12.1 Å². The first-order chi connectivity index (χ1) is 17.5. The largest absolute Gasteiger partial charge is 0.494 e. The minimum atomic E-state index is -0.566. The van der Waals surface area contributed by atoms with Crippen LogP contribution in [0.2, 0.25) is 0 Å². The number of para-hydroxylation sites is 1. The fourth-order valence-electron chi connectivity index (χ4n) is 3.93. The van der Waals surface area contributed by atoms with Crippen molar-refractivity contribution in [3.05, 3.63) is 78.4 Å². The summed E-state index contributed by atoms with van der Waals surface area (Å²) in [7, 11) is 0. The number of rotatable bonds is 9. The Morgan fingerprint density at radius 3 is 2.25 bits per heavy atom. The molecule has 1 aliphatic rings. The van der Waals surface area contributed by atoms with Gasteiger partial charge in [0.25, 0.3) is 5.91 Å². The van der Waals surface area contributed by atoms with Crippen LogP contribution in [0.3, 0.4) is 0 Å². The summed E-state index contributed by atoms with van der Waals surface area (Å²) in [6.45, 7) is 7.43. The summed E-state index contributed by atoms with van der Waals surface area (Å²) in [5.41, 5.74) is 3.50. The summed E-state index contributed by atoms with van der Waals surface area (Å²) in [4.78, 5) is 28.1. The van der Waals surface area contributed by atoms with E-state index in [4.69, 9.17) is 9.47 Å². The van der Waals surface area contributed by atoms with E-state index in [-0.39, 0.29) is 11.8 Å². The highest BCUT2D eigenvalue weighted by Gasteiger charge is 2.18. The monoisotopic (exact) mass is 488 g/mol. The zero-order chi connectivity index (χ0) is 25.3. The second-order valence-electron chi connectivity index (χ2n) is 8.46. The zero-order valence-electron chi connectivity index (χ0n) is 20.6. The SMILES string of the molecule is CCOc1ccc(NC(=O)c2ccccc2NC(C)C(=O)Nc2ccc(N3CCOCC3)cc2)cc1. The van der Waals surface area contributed by atoms with Crippen LogP contribution in [0.15, 0.2) is 72.8 Å². The molecule has 3 aromatic rings. The van der Waals surface area contributed by atoms with Gasteiger partial charge >= 0.3 is 0 Å². The van der Waals surface area contributed by atoms with Crippen molar-refractivity contribution in [1.82, 2.24) is 0 Å². The molecule has 8 heteroatoms. The Bertz CT molecular complexity index is 1160. The fourth-order valence-corrected chi connectivity index (χ4v) is 3.93. The van der Waals surface area contributed by atoms with Gasteiger partial charge in [0.2, 0.25) is 5.91 Å². The quantitative estimate of drug-likeness (QED) is 0.407. The van der Waals surface area contributed by atoms with Crippen LogP contribution >= 0.6 is 0 Å². The number of carbonyl (C=O) groups is 2. The molecule has 36 heavy (non-hydrogen) atoms. The minimum absolute atomic E-state index is 0.198. The highest BCUT2D eigenvalue weighted by Crippen LogP contribution is 2.22. The van der Waals surface area contributed by atoms with E-state index in [0.29, 0.717) is 29.2 Å². The van der Waals surface area contributed by atoms with Gasteiger partial charge < -0.3 is 30.3 Å². The normalized spacial score (nSPS) is 14.0. The Hall–Kier alpha value is -4.04. The summed E-state index contributed by atoms with van der Waals surface area (Å²) in [5, 5.41) is 9.01. The molecule has 0 bridgehead atoms. The molecule has 1 saturated heterocycles. The lowest BCUT2D eigenvalue weighted by Crippen LogP contribution is -2.36. The first-order valence-electron chi connectivity index (χ1n) is 12.2. The number of benzene rings is 3. The summed E-state index contributed by atoms with van der Waals surface area (Å²) in [5.74, 6) is 0.276. The maximum Gasteiger partial charge on any atom is 0.257 e. The predicted molar refractivity (Wildman–Crippen MR) is 143 cm³/mol. The maximum atomic E-state index is 13.0. The molecule has 188 valence electrons. The van der Waals surface area contributed by atoms with Crippen molar-refractivity contribution >= 4 is 34.6 Å². The Morgan fingerprint density at radius 1 is 0.917 bits per heavy atom. The van der Waals surface area contributed by atoms with Gasteiger partial charge in [-0.15, -0.1) is 0 Å². The van der Waals surface area contributed by atoms with Gasteiger partial charge in [-0.25, -0.2) is 0 Å². The van der Waals surface area contributed by atoms with Crippen molar-refractivity contribution in [1.29, 1.82) is 0 Å². The molecule has 8 nitrogen and oxygen atoms in total. The van der Waals surface area contributed by atoms with Gasteiger partial charge in [0, 0.05) is 35.8 Å². The molecule has 4 rings (SSSR count). The minimum Gasteiger partial charge on any atom is -0.494 e. The number of anilines is 4. The average molecular weight is 489 g/mol. The molecule has 1 fully saturated rings. The molecular weight excluding hydrogens is 456 g/mol. The van der Waals surface area contributed by atoms with E-state index in [1.54, 1.807) is 37.3 Å². The van der Waals surface area contributed by atoms with Gasteiger partial charge in [0.05, 0.1) is 25.4 Å². The lowest BCUT2D eigenvalue weighted by Gasteiger charge is -2.29. The number of amides is 2. The van der Waals surface area contributed by atoms with Crippen LogP contribution in [0.4, 0.5) is 22.7 Å². The Kier molecular flexibility index (Phi) is 8.41. The lowest BCUT2D eigenvalue weighted by molar-refractivity contribution is -0.116. The predicted octanol–water partition coefficient (Wildman–Crippen LogP) is 4.61. The lowest BCUT2D eigenvalue weighted by atomic mass is 10.1. The van der Waals surface area contributed by atoms with Crippen LogP contribution in [0.5, 0.6) is 5.75 Å². The van der Waals surface area contributed by atoms with Crippen molar-refractivity contribution in [2.24, 2.45) is 0 Å². The van der Waals surface area contributed by atoms with Gasteiger partial charge in [-0.3, -0.25) is 9.59 Å². The Morgan fingerprint density at radius 2 is 1.56 bits per heavy atom. The average Bonchev–Trinajstić information content (AvgIpc) is 2.91. The molecule has 3 aromatic carbocycles. The van der Waals surface area contributed by atoms with Crippen LogP contribution in [0.25, 0.3) is 0 Å². The van der Waals surface area contributed by atoms with Gasteiger partial charge in [-0.2, -0.15) is 0 Å². The van der Waals surface area contributed by atoms with E-state index in [9.17, 15) is 9.59 Å². The Labute approximate surface area is 211 Å². The van der Waals surface area contributed by atoms with E-state index in [2.05, 4.69) is 20.9 Å². The van der Waals surface area contributed by atoms with Crippen molar-refractivity contribution < 1.29 is 19.1 Å². The van der Waals surface area contributed by atoms with E-state index < -0.39 is 6.04 Å². The number of carbonyl (C=O) groups excluding carboxylic acids is 2. The fraction of sp³-hybridized carbons (Fsp3) is 0.286. The first kappa shape index (κ1) is 25.1. The topological polar surface area (TPSA) is 91.9 Å². The van der Waals surface area contributed by atoms with Crippen LogP contribution in [0.1, 0.15) is 24.2 Å². The van der Waals surface area contributed by atoms with Gasteiger partial charge in [0.1, 0.15) is 11.8 Å². The molecule has 1 unspecified atom stereocenters.